The zero-order valence-corrected chi connectivity index (χ0v) is 32.5. The highest BCUT2D eigenvalue weighted by Gasteiger charge is 2.76. The van der Waals surface area contributed by atoms with Gasteiger partial charge in [-0.1, -0.05) is 200 Å². The van der Waals surface area contributed by atoms with Crippen LogP contribution in [0.1, 0.15) is 59.1 Å². The van der Waals surface area contributed by atoms with Crippen LogP contribution in [0.4, 0.5) is 4.39 Å². The molecule has 58 heavy (non-hydrogen) atoms. The van der Waals surface area contributed by atoms with Crippen molar-refractivity contribution in [3.63, 3.8) is 0 Å². The molecular weight excluding hydrogens is 722 g/mol. The SMILES string of the molecule is COC1=C2N=CN3CC23N(OC(c2ccccc2)(c2ccccc2)c2ccccc2)C(F)(NC(c2ccccc2)(c2ccccc2)c2ccccc2)N1C1CCCC1. The Morgan fingerprint density at radius 1 is 0.603 bits per heavy atom. The van der Waals surface area contributed by atoms with Gasteiger partial charge in [0.1, 0.15) is 5.70 Å². The Kier molecular flexibility index (Phi) is 9.01. The highest BCUT2D eigenvalue weighted by molar-refractivity contribution is 5.71. The first-order chi connectivity index (χ1) is 28.6. The van der Waals surface area contributed by atoms with Gasteiger partial charge in [-0.25, -0.2) is 10.3 Å². The summed E-state index contributed by atoms with van der Waals surface area (Å²) in [4.78, 5) is 16.7. The smallest absolute Gasteiger partial charge is 0.328 e. The summed E-state index contributed by atoms with van der Waals surface area (Å²) < 4.78 is 27.3. The Morgan fingerprint density at radius 2 is 1.00 bits per heavy atom. The molecule has 0 radical (unpaired) electrons. The second-order valence-corrected chi connectivity index (χ2v) is 15.6. The molecule has 3 aliphatic heterocycles. The van der Waals surface area contributed by atoms with Crippen molar-refractivity contribution in [2.24, 2.45) is 4.99 Å². The number of hydrogen-bond acceptors (Lipinski definition) is 7. The molecule has 8 heteroatoms. The molecule has 0 amide bonds. The molecule has 6 aromatic carbocycles. The molecule has 1 aliphatic carbocycles. The molecule has 1 saturated heterocycles. The van der Waals surface area contributed by atoms with E-state index in [0.717, 1.165) is 59.1 Å². The predicted octanol–water partition coefficient (Wildman–Crippen LogP) is 9.50. The summed E-state index contributed by atoms with van der Waals surface area (Å²) in [7, 11) is 1.64. The van der Waals surface area contributed by atoms with Crippen LogP contribution in [0.15, 0.2) is 199 Å². The van der Waals surface area contributed by atoms with Gasteiger partial charge < -0.3 is 9.64 Å². The molecule has 1 saturated carbocycles. The molecule has 290 valence electrons. The topological polar surface area (TPSA) is 52.3 Å². The van der Waals surface area contributed by atoms with Gasteiger partial charge in [-0.3, -0.25) is 9.74 Å². The fraction of sp³-hybridized carbons (Fsp3) is 0.220. The highest BCUT2D eigenvalue weighted by atomic mass is 19.2. The number of methoxy groups -OCH3 is 1. The van der Waals surface area contributed by atoms with Crippen LogP contribution in [0.25, 0.3) is 0 Å². The molecule has 0 bridgehead atoms. The van der Waals surface area contributed by atoms with Crippen molar-refractivity contribution in [1.29, 1.82) is 0 Å². The maximum atomic E-state index is 20.9. The van der Waals surface area contributed by atoms with Crippen molar-refractivity contribution in [2.45, 2.75) is 54.6 Å². The standard InChI is InChI=1S/C50H46FN5O2/c1-57-46-45-47(36-54(47)37-52-45)56(58-49(41-28-14-5-15-29-41,42-30-16-6-17-31-42)43-32-18-7-19-33-43)50(51,55(46)44-34-20-21-35-44)53-48(38-22-8-2-9-23-38,39-24-10-3-11-25-39)40-26-12-4-13-27-40/h2-19,22-33,37,44,53H,20-21,34-36H2,1H3. The van der Waals surface area contributed by atoms with Crippen molar-refractivity contribution in [1.82, 2.24) is 20.2 Å². The normalized spacial score (nSPS) is 21.9. The third kappa shape index (κ3) is 5.47. The minimum absolute atomic E-state index is 0.231. The van der Waals surface area contributed by atoms with Gasteiger partial charge in [0, 0.05) is 6.04 Å². The fourth-order valence-electron chi connectivity index (χ4n) is 9.72. The largest absolute Gasteiger partial charge is 0.481 e. The number of rotatable bonds is 12. The van der Waals surface area contributed by atoms with Crippen LogP contribution in [0.5, 0.6) is 0 Å². The molecule has 2 fully saturated rings. The van der Waals surface area contributed by atoms with Crippen LogP contribution in [0.2, 0.25) is 0 Å². The predicted molar refractivity (Wildman–Crippen MR) is 224 cm³/mol. The molecule has 1 N–H and O–H groups in total. The number of hydrogen-bond donors (Lipinski definition) is 1. The number of benzene rings is 6. The quantitative estimate of drug-likeness (QED) is 0.0761. The van der Waals surface area contributed by atoms with E-state index in [-0.39, 0.29) is 6.04 Å². The number of aliphatic imine (C=N–C) groups is 1. The number of nitrogens with zero attached hydrogens (tertiary/aromatic N) is 4. The van der Waals surface area contributed by atoms with Crippen LogP contribution in [0, 0.1) is 0 Å². The van der Waals surface area contributed by atoms with E-state index in [4.69, 9.17) is 14.6 Å². The molecule has 10 rings (SSSR count). The Labute approximate surface area is 339 Å². The van der Waals surface area contributed by atoms with Gasteiger partial charge in [-0.05, 0) is 46.2 Å². The zero-order valence-electron chi connectivity index (χ0n) is 32.5. The maximum Gasteiger partial charge on any atom is 0.328 e. The van der Waals surface area contributed by atoms with E-state index in [9.17, 15) is 0 Å². The summed E-state index contributed by atoms with van der Waals surface area (Å²) in [6.07, 6.45) is 5.29. The van der Waals surface area contributed by atoms with Gasteiger partial charge in [0.05, 0.1) is 25.5 Å². The summed E-state index contributed by atoms with van der Waals surface area (Å²) in [5.74, 6) is 0.408. The van der Waals surface area contributed by atoms with Gasteiger partial charge >= 0.3 is 6.04 Å². The fourth-order valence-corrected chi connectivity index (χ4v) is 9.72. The van der Waals surface area contributed by atoms with Crippen LogP contribution in [-0.2, 0) is 20.7 Å². The van der Waals surface area contributed by atoms with Crippen molar-refractivity contribution < 1.29 is 14.0 Å². The molecule has 0 aromatic heterocycles. The summed E-state index contributed by atoms with van der Waals surface area (Å²) in [6.45, 7) is 0.452. The molecule has 6 aromatic rings. The summed E-state index contributed by atoms with van der Waals surface area (Å²) >= 11 is 0. The molecule has 2 unspecified atom stereocenters. The summed E-state index contributed by atoms with van der Waals surface area (Å²) in [5.41, 5.74) is 2.12. The van der Waals surface area contributed by atoms with Crippen molar-refractivity contribution >= 4 is 6.34 Å². The van der Waals surface area contributed by atoms with Crippen LogP contribution in [0.3, 0.4) is 0 Å². The van der Waals surface area contributed by atoms with Crippen LogP contribution < -0.4 is 5.32 Å². The van der Waals surface area contributed by atoms with E-state index < -0.39 is 22.8 Å². The maximum absolute atomic E-state index is 20.9. The summed E-state index contributed by atoms with van der Waals surface area (Å²) in [5, 5.41) is 5.45. The molecule has 4 aliphatic rings. The van der Waals surface area contributed by atoms with E-state index in [0.29, 0.717) is 18.1 Å². The number of alkyl halides is 1. The Morgan fingerprint density at radius 3 is 1.38 bits per heavy atom. The number of halogens is 1. The number of ether oxygens (including phenoxy) is 1. The Balaban J connectivity index is 1.30. The van der Waals surface area contributed by atoms with E-state index >= 15 is 4.39 Å². The second-order valence-electron chi connectivity index (χ2n) is 15.6. The lowest BCUT2D eigenvalue weighted by Gasteiger charge is -2.57. The van der Waals surface area contributed by atoms with Gasteiger partial charge in [0.2, 0.25) is 5.88 Å². The molecule has 3 heterocycles. The monoisotopic (exact) mass is 767 g/mol. The first kappa shape index (κ1) is 36.3. The third-order valence-corrected chi connectivity index (χ3v) is 12.4. The third-order valence-electron chi connectivity index (χ3n) is 12.4. The molecule has 7 nitrogen and oxygen atoms in total. The minimum Gasteiger partial charge on any atom is -0.481 e. The van der Waals surface area contributed by atoms with E-state index in [2.05, 4.69) is 78.1 Å². The first-order valence-corrected chi connectivity index (χ1v) is 20.3. The Hall–Kier alpha value is -6.06. The minimum atomic E-state index is -2.57. The zero-order chi connectivity index (χ0) is 39.2. The van der Waals surface area contributed by atoms with Gasteiger partial charge in [0.15, 0.2) is 11.3 Å². The lowest BCUT2D eigenvalue weighted by Crippen LogP contribution is -2.77. The van der Waals surface area contributed by atoms with Gasteiger partial charge in [-0.15, -0.1) is 0 Å². The van der Waals surface area contributed by atoms with E-state index in [1.807, 2.05) is 119 Å². The van der Waals surface area contributed by atoms with Gasteiger partial charge in [0.25, 0.3) is 0 Å². The average molecular weight is 768 g/mol. The average Bonchev–Trinajstić information content (AvgIpc) is 3.55. The lowest BCUT2D eigenvalue weighted by atomic mass is 9.76. The molecule has 2 atom stereocenters. The van der Waals surface area contributed by atoms with E-state index in [1.165, 1.54) is 0 Å². The second kappa shape index (κ2) is 14.4. The molecule has 1 spiro atoms. The van der Waals surface area contributed by atoms with E-state index in [1.54, 1.807) is 18.5 Å². The van der Waals surface area contributed by atoms with Gasteiger partial charge in [-0.2, -0.15) is 4.39 Å². The number of hydroxylamine groups is 2. The first-order valence-electron chi connectivity index (χ1n) is 20.3. The van der Waals surface area contributed by atoms with Crippen molar-refractivity contribution in [3.8, 4) is 0 Å². The number of nitrogens with one attached hydrogen (secondary N) is 1. The summed E-state index contributed by atoms with van der Waals surface area (Å²) in [6, 6.07) is 58.2. The highest BCUT2D eigenvalue weighted by Crippen LogP contribution is 2.59. The van der Waals surface area contributed by atoms with Crippen molar-refractivity contribution in [2.75, 3.05) is 13.7 Å². The molecular formula is C50H46FN5O2. The Bertz CT molecular complexity index is 2220. The lowest BCUT2D eigenvalue weighted by molar-refractivity contribution is -0.394. The van der Waals surface area contributed by atoms with Crippen LogP contribution >= 0.6 is 0 Å². The van der Waals surface area contributed by atoms with Crippen LogP contribution in [-0.4, -0.2) is 52.6 Å². The van der Waals surface area contributed by atoms with Crippen molar-refractivity contribution in [3.05, 3.63) is 227 Å².